The molecule has 0 saturated heterocycles. The van der Waals surface area contributed by atoms with Crippen molar-refractivity contribution in [2.24, 2.45) is 4.99 Å². The lowest BCUT2D eigenvalue weighted by atomic mass is 10.0. The van der Waals surface area contributed by atoms with Crippen molar-refractivity contribution >= 4 is 38.2 Å². The number of aromatic nitrogens is 1. The molecule has 166 valence electrons. The van der Waals surface area contributed by atoms with Gasteiger partial charge >= 0.3 is 0 Å². The molecule has 1 aromatic heterocycles. The second-order valence-corrected chi connectivity index (χ2v) is 10.7. The van der Waals surface area contributed by atoms with E-state index in [1.165, 1.54) is 36.3 Å². The summed E-state index contributed by atoms with van der Waals surface area (Å²) in [6, 6.07) is 6.85. The van der Waals surface area contributed by atoms with Gasteiger partial charge in [-0.05, 0) is 50.7 Å². The first-order chi connectivity index (χ1) is 15.0. The average Bonchev–Trinajstić information content (AvgIpc) is 3.22. The van der Waals surface area contributed by atoms with Gasteiger partial charge < -0.3 is 5.32 Å². The van der Waals surface area contributed by atoms with Crippen molar-refractivity contribution in [3.05, 3.63) is 40.4 Å². The molecule has 1 aliphatic heterocycles. The first-order valence-electron chi connectivity index (χ1n) is 11.0. The first kappa shape index (κ1) is 22.0. The van der Waals surface area contributed by atoms with Gasteiger partial charge in [-0.25, -0.2) is 13.4 Å². The van der Waals surface area contributed by atoms with E-state index in [4.69, 9.17) is 0 Å². The Morgan fingerprint density at radius 2 is 1.90 bits per heavy atom. The Balaban J connectivity index is 1.19. The van der Waals surface area contributed by atoms with Crippen molar-refractivity contribution in [2.45, 2.75) is 69.1 Å². The summed E-state index contributed by atoms with van der Waals surface area (Å²) in [5, 5.41) is 3.69. The minimum Gasteiger partial charge on any atom is -0.302 e. The molecule has 1 amide bonds. The van der Waals surface area contributed by atoms with Crippen molar-refractivity contribution in [1.29, 1.82) is 0 Å². The summed E-state index contributed by atoms with van der Waals surface area (Å²) >= 11 is 1.63. The van der Waals surface area contributed by atoms with Crippen LogP contribution in [0.4, 0.5) is 5.13 Å². The molecule has 2 aromatic rings. The van der Waals surface area contributed by atoms with Gasteiger partial charge in [0.15, 0.2) is 5.13 Å². The van der Waals surface area contributed by atoms with Crippen LogP contribution in [0.5, 0.6) is 0 Å². The van der Waals surface area contributed by atoms with Gasteiger partial charge in [-0.15, -0.1) is 11.3 Å². The zero-order chi connectivity index (χ0) is 21.7. The Kier molecular flexibility index (Phi) is 7.02. The molecule has 2 aliphatic rings. The monoisotopic (exact) mass is 460 g/mol. The molecular formula is C22H28N4O3S2. The molecule has 0 saturated carbocycles. The molecule has 2 N–H and O–H groups in total. The van der Waals surface area contributed by atoms with Gasteiger partial charge in [0.1, 0.15) is 5.84 Å². The third-order valence-corrected chi connectivity index (χ3v) is 8.06. The summed E-state index contributed by atoms with van der Waals surface area (Å²) in [5.41, 5.74) is 1.79. The van der Waals surface area contributed by atoms with Gasteiger partial charge in [-0.2, -0.15) is 0 Å². The molecule has 0 atom stereocenters. The van der Waals surface area contributed by atoms with Crippen LogP contribution in [-0.4, -0.2) is 31.7 Å². The Bertz CT molecular complexity index is 1050. The van der Waals surface area contributed by atoms with Gasteiger partial charge in [0, 0.05) is 23.4 Å². The van der Waals surface area contributed by atoms with Crippen LogP contribution in [-0.2, 0) is 27.7 Å². The second-order valence-electron chi connectivity index (χ2n) is 7.99. The summed E-state index contributed by atoms with van der Waals surface area (Å²) < 4.78 is 26.7. The highest BCUT2D eigenvalue weighted by atomic mass is 32.2. The Morgan fingerprint density at radius 1 is 1.10 bits per heavy atom. The van der Waals surface area contributed by atoms with Crippen LogP contribution in [0.25, 0.3) is 0 Å². The van der Waals surface area contributed by atoms with Crippen LogP contribution in [0.1, 0.15) is 67.5 Å². The number of carbonyl (C=O) groups excluding carboxylic acids is 1. The Labute approximate surface area is 187 Å². The van der Waals surface area contributed by atoms with E-state index in [1.807, 2.05) is 0 Å². The number of fused-ring (bicyclic) bond motifs is 2. The quantitative estimate of drug-likeness (QED) is 0.609. The Hall–Kier alpha value is -2.26. The fraction of sp³-hybridized carbons (Fsp3) is 0.500. The van der Waals surface area contributed by atoms with Crippen molar-refractivity contribution < 1.29 is 13.2 Å². The number of unbranched alkanes of at least 4 members (excludes halogenated alkanes) is 2. The van der Waals surface area contributed by atoms with Crippen LogP contribution in [0.3, 0.4) is 0 Å². The molecule has 0 bridgehead atoms. The molecule has 1 aromatic carbocycles. The van der Waals surface area contributed by atoms with Crippen LogP contribution >= 0.6 is 11.3 Å². The highest BCUT2D eigenvalue weighted by molar-refractivity contribution is 7.90. The van der Waals surface area contributed by atoms with E-state index in [2.05, 4.69) is 20.0 Å². The van der Waals surface area contributed by atoms with Crippen LogP contribution in [0.2, 0.25) is 0 Å². The molecule has 0 unspecified atom stereocenters. The van der Waals surface area contributed by atoms with Gasteiger partial charge in [0.05, 0.1) is 10.6 Å². The number of aliphatic imine (C=N–C) groups is 1. The maximum Gasteiger partial charge on any atom is 0.263 e. The second kappa shape index (κ2) is 9.91. The fourth-order valence-corrected chi connectivity index (χ4v) is 6.27. The summed E-state index contributed by atoms with van der Waals surface area (Å²) in [6.07, 6.45) is 9.91. The topological polar surface area (TPSA) is 101 Å². The van der Waals surface area contributed by atoms with E-state index in [0.29, 0.717) is 24.4 Å². The summed E-state index contributed by atoms with van der Waals surface area (Å²) in [7, 11) is -3.49. The normalized spacial score (nSPS) is 18.5. The van der Waals surface area contributed by atoms with Gasteiger partial charge in [-0.3, -0.25) is 14.5 Å². The lowest BCUT2D eigenvalue weighted by Gasteiger charge is -2.06. The number of nitrogens with zero attached hydrogens (tertiary/aromatic N) is 2. The number of carbonyl (C=O) groups is 1. The number of hydrogen-bond acceptors (Lipinski definition) is 6. The van der Waals surface area contributed by atoms with Gasteiger partial charge in [0.25, 0.3) is 10.0 Å². The maximum absolute atomic E-state index is 12.3. The van der Waals surface area contributed by atoms with E-state index in [0.717, 1.165) is 37.2 Å². The smallest absolute Gasteiger partial charge is 0.263 e. The van der Waals surface area contributed by atoms with E-state index < -0.39 is 10.0 Å². The van der Waals surface area contributed by atoms with Gasteiger partial charge in [0.2, 0.25) is 5.91 Å². The minimum absolute atomic E-state index is 0.00511. The fourth-order valence-electron chi connectivity index (χ4n) is 3.96. The lowest BCUT2D eigenvalue weighted by molar-refractivity contribution is -0.116. The number of anilines is 1. The predicted octanol–water partition coefficient (Wildman–Crippen LogP) is 4.04. The number of nitrogens with one attached hydrogen (secondary N) is 2. The van der Waals surface area contributed by atoms with E-state index >= 15 is 0 Å². The standard InChI is InChI=1S/C22H28N4O3S2/c27-20(25-22-24-17-11-4-1-2-5-12-18(17)30-22)14-6-3-9-15-23-21-16-10-7-8-13-19(16)31(28,29)26-21/h7-8,10,13H,1-6,9,11-12,14-15H2,(H,23,26)(H,24,25,27). The highest BCUT2D eigenvalue weighted by Gasteiger charge is 2.29. The molecule has 2 heterocycles. The van der Waals surface area contributed by atoms with Crippen molar-refractivity contribution in [2.75, 3.05) is 11.9 Å². The van der Waals surface area contributed by atoms with Crippen molar-refractivity contribution in [3.8, 4) is 0 Å². The summed E-state index contributed by atoms with van der Waals surface area (Å²) in [5.74, 6) is 0.415. The number of amidine groups is 1. The van der Waals surface area contributed by atoms with Crippen molar-refractivity contribution in [1.82, 2.24) is 9.71 Å². The molecule has 9 heteroatoms. The Morgan fingerprint density at radius 3 is 2.77 bits per heavy atom. The highest BCUT2D eigenvalue weighted by Crippen LogP contribution is 2.28. The zero-order valence-electron chi connectivity index (χ0n) is 17.5. The molecule has 0 radical (unpaired) electrons. The average molecular weight is 461 g/mol. The number of benzene rings is 1. The SMILES string of the molecule is O=C(CCCCCN=C1NS(=O)(=O)c2ccccc21)Nc1nc2c(s1)CCCCCC2. The molecule has 0 fully saturated rings. The number of thiazole rings is 1. The largest absolute Gasteiger partial charge is 0.302 e. The van der Waals surface area contributed by atoms with Crippen LogP contribution in [0, 0.1) is 0 Å². The van der Waals surface area contributed by atoms with Crippen molar-refractivity contribution in [3.63, 3.8) is 0 Å². The third-order valence-electron chi connectivity index (χ3n) is 5.59. The number of hydrogen-bond donors (Lipinski definition) is 2. The lowest BCUT2D eigenvalue weighted by Crippen LogP contribution is -2.22. The van der Waals surface area contributed by atoms with E-state index in [-0.39, 0.29) is 10.8 Å². The maximum atomic E-state index is 12.3. The number of sulfonamides is 1. The molecule has 1 aliphatic carbocycles. The molecular weight excluding hydrogens is 432 g/mol. The van der Waals surface area contributed by atoms with Crippen LogP contribution < -0.4 is 10.0 Å². The molecule has 4 rings (SSSR count). The molecule has 7 nitrogen and oxygen atoms in total. The minimum atomic E-state index is -3.49. The van der Waals surface area contributed by atoms with E-state index in [1.54, 1.807) is 35.6 Å². The first-order valence-corrected chi connectivity index (χ1v) is 13.3. The number of aryl methyl sites for hydroxylation is 2. The molecule has 31 heavy (non-hydrogen) atoms. The number of amides is 1. The zero-order valence-corrected chi connectivity index (χ0v) is 19.2. The van der Waals surface area contributed by atoms with Crippen LogP contribution in [0.15, 0.2) is 34.2 Å². The summed E-state index contributed by atoms with van der Waals surface area (Å²) in [4.78, 5) is 22.9. The van der Waals surface area contributed by atoms with E-state index in [9.17, 15) is 13.2 Å². The predicted molar refractivity (Wildman–Crippen MR) is 123 cm³/mol. The summed E-state index contributed by atoms with van der Waals surface area (Å²) in [6.45, 7) is 0.521. The third kappa shape index (κ3) is 5.51. The van der Waals surface area contributed by atoms with Gasteiger partial charge in [-0.1, -0.05) is 31.4 Å². The number of rotatable bonds is 7. The molecule has 0 spiro atoms.